The van der Waals surface area contributed by atoms with Gasteiger partial charge in [0.05, 0.1) is 6.04 Å². The molecule has 2 N–H and O–H groups in total. The molecule has 4 nitrogen and oxygen atoms in total. The number of likely N-dealkylation sites (tertiary alicyclic amines) is 1. The quantitative estimate of drug-likeness (QED) is 0.690. The van der Waals surface area contributed by atoms with Gasteiger partial charge in [0.15, 0.2) is 0 Å². The fourth-order valence-corrected chi connectivity index (χ4v) is 1.96. The van der Waals surface area contributed by atoms with Crippen LogP contribution >= 0.6 is 0 Å². The van der Waals surface area contributed by atoms with Gasteiger partial charge in [0.2, 0.25) is 5.91 Å². The molecule has 14 heavy (non-hydrogen) atoms. The highest BCUT2D eigenvalue weighted by molar-refractivity contribution is 5.80. The Hall–Kier alpha value is -0.610. The molecule has 1 fully saturated rings. The Balaban J connectivity index is 2.39. The van der Waals surface area contributed by atoms with Gasteiger partial charge in [-0.25, -0.2) is 0 Å². The van der Waals surface area contributed by atoms with Crippen LogP contribution in [0.25, 0.3) is 0 Å². The summed E-state index contributed by atoms with van der Waals surface area (Å²) >= 11 is 0. The summed E-state index contributed by atoms with van der Waals surface area (Å²) in [6.45, 7) is 3.68. The van der Waals surface area contributed by atoms with Crippen molar-refractivity contribution in [2.75, 3.05) is 27.2 Å². The first-order valence-corrected chi connectivity index (χ1v) is 5.23. The van der Waals surface area contributed by atoms with E-state index in [4.69, 9.17) is 5.73 Å². The minimum atomic E-state index is -0.383. The molecule has 1 aliphatic rings. The van der Waals surface area contributed by atoms with Gasteiger partial charge in [-0.05, 0) is 33.4 Å². The van der Waals surface area contributed by atoms with Gasteiger partial charge in [-0.1, -0.05) is 0 Å². The molecule has 0 aliphatic carbocycles. The molecular weight excluding hydrogens is 178 g/mol. The molecule has 1 aliphatic heterocycles. The lowest BCUT2D eigenvalue weighted by atomic mass is 10.2. The van der Waals surface area contributed by atoms with Crippen LogP contribution in [0.5, 0.6) is 0 Å². The summed E-state index contributed by atoms with van der Waals surface area (Å²) in [4.78, 5) is 15.6. The van der Waals surface area contributed by atoms with E-state index in [0.717, 1.165) is 13.1 Å². The Morgan fingerprint density at radius 1 is 1.71 bits per heavy atom. The normalized spacial score (nSPS) is 25.0. The van der Waals surface area contributed by atoms with E-state index < -0.39 is 0 Å². The maximum atomic E-state index is 11.5. The molecule has 1 heterocycles. The predicted molar refractivity (Wildman–Crippen MR) is 56.9 cm³/mol. The van der Waals surface area contributed by atoms with Crippen LogP contribution in [0.3, 0.4) is 0 Å². The average molecular weight is 199 g/mol. The van der Waals surface area contributed by atoms with Gasteiger partial charge in [-0.2, -0.15) is 0 Å². The smallest absolute Gasteiger partial charge is 0.238 e. The molecule has 0 aromatic heterocycles. The molecule has 4 heteroatoms. The van der Waals surface area contributed by atoms with Gasteiger partial charge < -0.3 is 15.5 Å². The van der Waals surface area contributed by atoms with Crippen molar-refractivity contribution in [3.8, 4) is 0 Å². The Labute approximate surface area is 86.0 Å². The van der Waals surface area contributed by atoms with Crippen molar-refractivity contribution in [1.82, 2.24) is 9.80 Å². The molecule has 1 amide bonds. The number of nitrogens with two attached hydrogens (primary N) is 1. The Bertz CT molecular complexity index is 206. The maximum absolute atomic E-state index is 11.5. The standard InChI is InChI=1S/C10H21N3O/c1-8(11)10(14)13(3)7-9-5-4-6-12(9)2/h8-9H,4-7,11H2,1-3H3/t8-,9+/m0/s1. The van der Waals surface area contributed by atoms with Crippen LogP contribution in [0.4, 0.5) is 0 Å². The third-order valence-electron chi connectivity index (χ3n) is 2.92. The van der Waals surface area contributed by atoms with E-state index in [1.807, 2.05) is 7.05 Å². The number of rotatable bonds is 3. The fourth-order valence-electron chi connectivity index (χ4n) is 1.96. The number of carbonyl (C=O) groups is 1. The van der Waals surface area contributed by atoms with Gasteiger partial charge in [-0.3, -0.25) is 4.79 Å². The minimum absolute atomic E-state index is 0.0327. The van der Waals surface area contributed by atoms with Crippen molar-refractivity contribution < 1.29 is 4.79 Å². The van der Waals surface area contributed by atoms with E-state index in [9.17, 15) is 4.79 Å². The number of amides is 1. The molecule has 0 aromatic rings. The lowest BCUT2D eigenvalue weighted by Gasteiger charge is -2.26. The topological polar surface area (TPSA) is 49.6 Å². The summed E-state index contributed by atoms with van der Waals surface area (Å²) in [6, 6.07) is 0.134. The van der Waals surface area contributed by atoms with Crippen LogP contribution in [0, 0.1) is 0 Å². The molecule has 0 unspecified atom stereocenters. The number of hydrogen-bond donors (Lipinski definition) is 1. The molecule has 0 aromatic carbocycles. The molecule has 0 spiro atoms. The molecule has 1 saturated heterocycles. The first-order chi connectivity index (χ1) is 6.52. The van der Waals surface area contributed by atoms with Crippen LogP contribution < -0.4 is 5.73 Å². The van der Waals surface area contributed by atoms with Crippen molar-refractivity contribution in [3.05, 3.63) is 0 Å². The Morgan fingerprint density at radius 3 is 2.79 bits per heavy atom. The van der Waals surface area contributed by atoms with Crippen LogP contribution in [-0.2, 0) is 4.79 Å². The van der Waals surface area contributed by atoms with E-state index in [-0.39, 0.29) is 11.9 Å². The molecule has 2 atom stereocenters. The van der Waals surface area contributed by atoms with Crippen molar-refractivity contribution in [2.45, 2.75) is 31.8 Å². The Morgan fingerprint density at radius 2 is 2.36 bits per heavy atom. The van der Waals surface area contributed by atoms with E-state index >= 15 is 0 Å². The molecular formula is C10H21N3O. The van der Waals surface area contributed by atoms with Crippen molar-refractivity contribution in [1.29, 1.82) is 0 Å². The molecule has 82 valence electrons. The van der Waals surface area contributed by atoms with Crippen LogP contribution in [0.15, 0.2) is 0 Å². The first kappa shape index (κ1) is 11.5. The van der Waals surface area contributed by atoms with Gasteiger partial charge in [0.25, 0.3) is 0 Å². The van der Waals surface area contributed by atoms with E-state index in [1.54, 1.807) is 11.8 Å². The molecule has 0 saturated carbocycles. The first-order valence-electron chi connectivity index (χ1n) is 5.23. The van der Waals surface area contributed by atoms with E-state index in [1.165, 1.54) is 12.8 Å². The summed E-state index contributed by atoms with van der Waals surface area (Å²) in [5, 5.41) is 0. The minimum Gasteiger partial charge on any atom is -0.343 e. The average Bonchev–Trinajstić information content (AvgIpc) is 2.50. The molecule has 0 radical (unpaired) electrons. The number of nitrogens with zero attached hydrogens (tertiary/aromatic N) is 2. The second kappa shape index (κ2) is 4.75. The Kier molecular flexibility index (Phi) is 3.89. The lowest BCUT2D eigenvalue weighted by molar-refractivity contribution is -0.131. The summed E-state index contributed by atoms with van der Waals surface area (Å²) in [5.41, 5.74) is 5.54. The van der Waals surface area contributed by atoms with Crippen LogP contribution in [-0.4, -0.2) is 55.0 Å². The van der Waals surface area contributed by atoms with Crippen molar-refractivity contribution in [3.63, 3.8) is 0 Å². The summed E-state index contributed by atoms with van der Waals surface area (Å²) in [7, 11) is 3.94. The van der Waals surface area contributed by atoms with Crippen LogP contribution in [0.2, 0.25) is 0 Å². The van der Waals surface area contributed by atoms with Gasteiger partial charge in [0, 0.05) is 19.6 Å². The zero-order valence-electron chi connectivity index (χ0n) is 9.36. The summed E-state index contributed by atoms with van der Waals surface area (Å²) in [6.07, 6.45) is 2.43. The number of carbonyl (C=O) groups excluding carboxylic acids is 1. The maximum Gasteiger partial charge on any atom is 0.238 e. The highest BCUT2D eigenvalue weighted by Gasteiger charge is 2.24. The monoisotopic (exact) mass is 199 g/mol. The van der Waals surface area contributed by atoms with Crippen molar-refractivity contribution >= 4 is 5.91 Å². The zero-order valence-corrected chi connectivity index (χ0v) is 9.36. The highest BCUT2D eigenvalue weighted by Crippen LogP contribution is 2.15. The SMILES string of the molecule is C[C@H](N)C(=O)N(C)C[C@H]1CCCN1C. The summed E-state index contributed by atoms with van der Waals surface area (Å²) in [5.74, 6) is 0.0327. The third kappa shape index (κ3) is 2.69. The fraction of sp³-hybridized carbons (Fsp3) is 0.900. The lowest BCUT2D eigenvalue weighted by Crippen LogP contribution is -2.45. The van der Waals surface area contributed by atoms with Crippen LogP contribution in [0.1, 0.15) is 19.8 Å². The second-order valence-electron chi connectivity index (χ2n) is 4.28. The largest absolute Gasteiger partial charge is 0.343 e. The number of likely N-dealkylation sites (N-methyl/N-ethyl adjacent to an activating group) is 2. The second-order valence-corrected chi connectivity index (χ2v) is 4.28. The van der Waals surface area contributed by atoms with E-state index in [0.29, 0.717) is 6.04 Å². The molecule has 0 bridgehead atoms. The third-order valence-corrected chi connectivity index (χ3v) is 2.92. The molecule has 1 rings (SSSR count). The number of hydrogen-bond acceptors (Lipinski definition) is 3. The van der Waals surface area contributed by atoms with Gasteiger partial charge in [0.1, 0.15) is 0 Å². The summed E-state index contributed by atoms with van der Waals surface area (Å²) < 4.78 is 0. The highest BCUT2D eigenvalue weighted by atomic mass is 16.2. The van der Waals surface area contributed by atoms with Crippen molar-refractivity contribution in [2.24, 2.45) is 5.73 Å². The van der Waals surface area contributed by atoms with E-state index in [2.05, 4.69) is 11.9 Å². The van der Waals surface area contributed by atoms with Gasteiger partial charge in [-0.15, -0.1) is 0 Å². The predicted octanol–water partition coefficient (Wildman–Crippen LogP) is -0.114. The zero-order chi connectivity index (χ0) is 10.7. The van der Waals surface area contributed by atoms with Gasteiger partial charge >= 0.3 is 0 Å².